The SMILES string of the molecule is CCO[P+](=O)C(CCN)c1ccc(Cl)c(Cl)c1. The highest BCUT2D eigenvalue weighted by atomic mass is 35.5. The summed E-state index contributed by atoms with van der Waals surface area (Å²) >= 11 is 11.8. The van der Waals surface area contributed by atoms with E-state index in [1.54, 1.807) is 18.2 Å². The van der Waals surface area contributed by atoms with E-state index in [1.165, 1.54) is 0 Å². The van der Waals surface area contributed by atoms with Crippen LogP contribution < -0.4 is 5.73 Å². The molecule has 1 rings (SSSR count). The lowest BCUT2D eigenvalue weighted by atomic mass is 10.1. The minimum Gasteiger partial charge on any atom is -0.330 e. The van der Waals surface area contributed by atoms with E-state index in [0.29, 0.717) is 29.6 Å². The molecule has 2 atom stereocenters. The summed E-state index contributed by atoms with van der Waals surface area (Å²) in [6.07, 6.45) is 0.590. The predicted molar refractivity (Wildman–Crippen MR) is 72.1 cm³/mol. The predicted octanol–water partition coefficient (Wildman–Crippen LogP) is 4.16. The average molecular weight is 295 g/mol. The molecule has 0 amide bonds. The Labute approximate surface area is 112 Å². The summed E-state index contributed by atoms with van der Waals surface area (Å²) in [7, 11) is -1.78. The van der Waals surface area contributed by atoms with Gasteiger partial charge in [-0.2, -0.15) is 0 Å². The number of nitrogens with two attached hydrogens (primary N) is 1. The molecule has 0 fully saturated rings. The van der Waals surface area contributed by atoms with Gasteiger partial charge >= 0.3 is 8.03 Å². The topological polar surface area (TPSA) is 52.3 Å². The van der Waals surface area contributed by atoms with Gasteiger partial charge in [0, 0.05) is 12.0 Å². The minimum absolute atomic E-state index is 0.232. The second-order valence-electron chi connectivity index (χ2n) is 3.47. The molecule has 0 heterocycles. The first-order chi connectivity index (χ1) is 8.10. The fourth-order valence-electron chi connectivity index (χ4n) is 1.49. The molecule has 2 unspecified atom stereocenters. The number of hydrogen-bond donors (Lipinski definition) is 1. The van der Waals surface area contributed by atoms with E-state index < -0.39 is 8.03 Å². The zero-order valence-corrected chi connectivity index (χ0v) is 11.9. The minimum atomic E-state index is -1.78. The van der Waals surface area contributed by atoms with Gasteiger partial charge in [0.05, 0.1) is 16.7 Å². The van der Waals surface area contributed by atoms with Gasteiger partial charge in [0.25, 0.3) is 0 Å². The highest BCUT2D eigenvalue weighted by Gasteiger charge is 2.33. The van der Waals surface area contributed by atoms with Crippen molar-refractivity contribution in [1.29, 1.82) is 0 Å². The highest BCUT2D eigenvalue weighted by molar-refractivity contribution is 7.39. The van der Waals surface area contributed by atoms with Crippen molar-refractivity contribution in [2.75, 3.05) is 13.2 Å². The molecule has 94 valence electrons. The molecule has 1 aromatic rings. The maximum absolute atomic E-state index is 11.9. The third-order valence-corrected chi connectivity index (χ3v) is 4.60. The normalized spacial score (nSPS) is 13.5. The Morgan fingerprint density at radius 3 is 2.65 bits per heavy atom. The molecule has 1 aromatic carbocycles. The molecule has 2 N–H and O–H groups in total. The molecule has 3 nitrogen and oxygen atoms in total. The van der Waals surface area contributed by atoms with Crippen LogP contribution in [0.25, 0.3) is 0 Å². The summed E-state index contributed by atoms with van der Waals surface area (Å²) < 4.78 is 17.1. The van der Waals surface area contributed by atoms with E-state index in [0.717, 1.165) is 5.56 Å². The van der Waals surface area contributed by atoms with Crippen LogP contribution in [0.15, 0.2) is 18.2 Å². The standard InChI is InChI=1S/C11H15Cl2NO2P/c1-2-16-17(15)11(5-6-14)8-3-4-9(12)10(13)7-8/h3-4,7,11H,2,5-6,14H2,1H3/q+1. The van der Waals surface area contributed by atoms with Crippen LogP contribution in [0.3, 0.4) is 0 Å². The molecule has 0 saturated heterocycles. The molecule has 0 aromatic heterocycles. The second kappa shape index (κ2) is 7.30. The van der Waals surface area contributed by atoms with Crippen LogP contribution in [0.5, 0.6) is 0 Å². The van der Waals surface area contributed by atoms with Crippen molar-refractivity contribution in [1.82, 2.24) is 0 Å². The lowest BCUT2D eigenvalue weighted by molar-refractivity contribution is 0.342. The number of benzene rings is 1. The summed E-state index contributed by atoms with van der Waals surface area (Å²) in [6, 6.07) is 5.22. The van der Waals surface area contributed by atoms with Crippen LogP contribution in [-0.2, 0) is 9.09 Å². The molecular formula is C11H15Cl2NO2P+. The highest BCUT2D eigenvalue weighted by Crippen LogP contribution is 2.45. The molecule has 0 radical (unpaired) electrons. The zero-order valence-electron chi connectivity index (χ0n) is 9.53. The third-order valence-electron chi connectivity index (χ3n) is 2.28. The molecule has 0 aliphatic heterocycles. The third kappa shape index (κ3) is 4.20. The van der Waals surface area contributed by atoms with Gasteiger partial charge in [0.1, 0.15) is 0 Å². The Morgan fingerprint density at radius 2 is 2.12 bits per heavy atom. The summed E-state index contributed by atoms with van der Waals surface area (Å²) in [5, 5.41) is 0.930. The van der Waals surface area contributed by atoms with E-state index in [9.17, 15) is 4.57 Å². The lowest BCUT2D eigenvalue weighted by Crippen LogP contribution is -2.05. The molecular weight excluding hydrogens is 280 g/mol. The van der Waals surface area contributed by atoms with Gasteiger partial charge in [0.15, 0.2) is 0 Å². The van der Waals surface area contributed by atoms with Gasteiger partial charge in [0.2, 0.25) is 5.66 Å². The molecule has 17 heavy (non-hydrogen) atoms. The van der Waals surface area contributed by atoms with Crippen molar-refractivity contribution < 1.29 is 9.09 Å². The molecule has 0 aliphatic rings. The fourth-order valence-corrected chi connectivity index (χ4v) is 2.99. The van der Waals surface area contributed by atoms with Crippen molar-refractivity contribution in [2.45, 2.75) is 19.0 Å². The Morgan fingerprint density at radius 1 is 1.41 bits per heavy atom. The van der Waals surface area contributed by atoms with Crippen molar-refractivity contribution in [3.05, 3.63) is 33.8 Å². The summed E-state index contributed by atoms with van der Waals surface area (Å²) in [4.78, 5) is 0. The van der Waals surface area contributed by atoms with Crippen LogP contribution >= 0.6 is 31.2 Å². The smallest absolute Gasteiger partial charge is 0.330 e. The maximum atomic E-state index is 11.9. The summed E-state index contributed by atoms with van der Waals surface area (Å²) in [5.41, 5.74) is 6.14. The number of rotatable bonds is 6. The van der Waals surface area contributed by atoms with Gasteiger partial charge in [-0.05, 0) is 30.2 Å². The van der Waals surface area contributed by atoms with Crippen LogP contribution in [0.4, 0.5) is 0 Å². The molecule has 0 spiro atoms. The van der Waals surface area contributed by atoms with Crippen molar-refractivity contribution in [3.63, 3.8) is 0 Å². The van der Waals surface area contributed by atoms with E-state index in [-0.39, 0.29) is 5.66 Å². The molecule has 0 aliphatic carbocycles. The van der Waals surface area contributed by atoms with Gasteiger partial charge in [-0.15, -0.1) is 4.52 Å². The lowest BCUT2D eigenvalue weighted by Gasteiger charge is -2.06. The van der Waals surface area contributed by atoms with Gasteiger partial charge in [-0.25, -0.2) is 0 Å². The molecule has 6 heteroatoms. The van der Waals surface area contributed by atoms with Crippen LogP contribution in [0, 0.1) is 0 Å². The fraction of sp³-hybridized carbons (Fsp3) is 0.455. The van der Waals surface area contributed by atoms with Crippen LogP contribution in [0.2, 0.25) is 10.0 Å². The van der Waals surface area contributed by atoms with E-state index in [2.05, 4.69) is 0 Å². The van der Waals surface area contributed by atoms with Gasteiger partial charge in [-0.3, -0.25) is 0 Å². The van der Waals surface area contributed by atoms with Crippen molar-refractivity contribution >= 4 is 31.2 Å². The van der Waals surface area contributed by atoms with E-state index in [4.69, 9.17) is 33.5 Å². The molecule has 0 bridgehead atoms. The Bertz CT molecular complexity index is 401. The largest absolute Gasteiger partial charge is 0.516 e. The van der Waals surface area contributed by atoms with E-state index in [1.807, 2.05) is 6.92 Å². The van der Waals surface area contributed by atoms with Crippen molar-refractivity contribution in [3.8, 4) is 0 Å². The van der Waals surface area contributed by atoms with Gasteiger partial charge in [-0.1, -0.05) is 29.3 Å². The first kappa shape index (κ1) is 14.9. The Kier molecular flexibility index (Phi) is 6.39. The maximum Gasteiger partial charge on any atom is 0.516 e. The number of hydrogen-bond acceptors (Lipinski definition) is 3. The monoisotopic (exact) mass is 294 g/mol. The van der Waals surface area contributed by atoms with Crippen LogP contribution in [-0.4, -0.2) is 13.2 Å². The quantitative estimate of drug-likeness (QED) is 0.802. The Hall–Kier alpha value is -0.180. The van der Waals surface area contributed by atoms with Crippen molar-refractivity contribution in [2.24, 2.45) is 5.73 Å². The average Bonchev–Trinajstić information content (AvgIpc) is 2.30. The summed E-state index contributed by atoms with van der Waals surface area (Å²) in [6.45, 7) is 2.66. The Balaban J connectivity index is 2.96. The van der Waals surface area contributed by atoms with Crippen LogP contribution in [0.1, 0.15) is 24.6 Å². The first-order valence-electron chi connectivity index (χ1n) is 5.34. The first-order valence-corrected chi connectivity index (χ1v) is 7.34. The van der Waals surface area contributed by atoms with E-state index >= 15 is 0 Å². The summed E-state index contributed by atoms with van der Waals surface area (Å²) in [5.74, 6) is 0. The second-order valence-corrected chi connectivity index (χ2v) is 5.74. The number of halogens is 2. The van der Waals surface area contributed by atoms with Gasteiger partial charge < -0.3 is 5.73 Å². The molecule has 0 saturated carbocycles. The zero-order chi connectivity index (χ0) is 12.8.